The number of carbonyl (C=O) groups excluding carboxylic acids is 2. The topological polar surface area (TPSA) is 61.8 Å². The van der Waals surface area contributed by atoms with Crippen LogP contribution in [0, 0.1) is 5.82 Å². The van der Waals surface area contributed by atoms with E-state index in [1.165, 1.54) is 12.1 Å². The molecule has 0 saturated heterocycles. The molecule has 1 heterocycles. The number of carbonyl (C=O) groups is 2. The van der Waals surface area contributed by atoms with E-state index in [0.29, 0.717) is 22.6 Å². The number of halogens is 1. The highest BCUT2D eigenvalue weighted by molar-refractivity contribution is 6.04. The number of ether oxygens (including phenoxy) is 3. The van der Waals surface area contributed by atoms with Gasteiger partial charge in [-0.25, -0.2) is 4.39 Å². The van der Waals surface area contributed by atoms with Crippen LogP contribution in [0.2, 0.25) is 0 Å². The second-order valence-corrected chi connectivity index (χ2v) is 6.14. The summed E-state index contributed by atoms with van der Waals surface area (Å²) in [5, 5.41) is 0. The lowest BCUT2D eigenvalue weighted by atomic mass is 10.0. The number of Topliss-reactive ketones (excluding diaryl/α,β-unsaturated/α-hetero) is 2. The van der Waals surface area contributed by atoms with Crippen molar-refractivity contribution in [1.29, 1.82) is 0 Å². The van der Waals surface area contributed by atoms with Crippen LogP contribution in [0.15, 0.2) is 30.3 Å². The Morgan fingerprint density at radius 2 is 2.04 bits per heavy atom. The van der Waals surface area contributed by atoms with Gasteiger partial charge in [0, 0.05) is 17.5 Å². The molecule has 25 heavy (non-hydrogen) atoms. The molecule has 2 aromatic rings. The van der Waals surface area contributed by atoms with Gasteiger partial charge in [-0.15, -0.1) is 0 Å². The van der Waals surface area contributed by atoms with E-state index in [4.69, 9.17) is 14.2 Å². The van der Waals surface area contributed by atoms with Crippen molar-refractivity contribution in [2.24, 2.45) is 0 Å². The van der Waals surface area contributed by atoms with E-state index in [9.17, 15) is 14.0 Å². The maximum atomic E-state index is 14.0. The Kier molecular flexibility index (Phi) is 3.67. The van der Waals surface area contributed by atoms with Crippen molar-refractivity contribution in [3.05, 3.63) is 52.8 Å². The Balaban J connectivity index is 1.54. The lowest BCUT2D eigenvalue weighted by Crippen LogP contribution is -2.13. The van der Waals surface area contributed by atoms with E-state index in [-0.39, 0.29) is 48.6 Å². The first-order chi connectivity index (χ1) is 12.0. The zero-order valence-corrected chi connectivity index (χ0v) is 13.5. The molecular formula is C19H15FO5. The predicted octanol–water partition coefficient (Wildman–Crippen LogP) is 3.51. The van der Waals surface area contributed by atoms with Gasteiger partial charge in [-0.3, -0.25) is 9.59 Å². The van der Waals surface area contributed by atoms with Gasteiger partial charge in [0.15, 0.2) is 29.7 Å². The molecule has 0 amide bonds. The Morgan fingerprint density at radius 1 is 1.24 bits per heavy atom. The van der Waals surface area contributed by atoms with Crippen molar-refractivity contribution in [2.75, 3.05) is 13.4 Å². The van der Waals surface area contributed by atoms with Gasteiger partial charge in [0.25, 0.3) is 0 Å². The van der Waals surface area contributed by atoms with Gasteiger partial charge >= 0.3 is 0 Å². The molecule has 2 aliphatic rings. The smallest absolute Gasteiger partial charge is 0.231 e. The van der Waals surface area contributed by atoms with Gasteiger partial charge < -0.3 is 14.2 Å². The zero-order chi connectivity index (χ0) is 17.6. The van der Waals surface area contributed by atoms with Crippen molar-refractivity contribution < 1.29 is 28.2 Å². The van der Waals surface area contributed by atoms with Crippen LogP contribution in [0.4, 0.5) is 4.39 Å². The van der Waals surface area contributed by atoms with Crippen LogP contribution in [0.3, 0.4) is 0 Å². The SMILES string of the molecule is C[C@@H]1CC(=O)c2c(OCC(=O)c3ccc4c(c3)OCO4)ccc(F)c21. The average Bonchev–Trinajstić information content (AvgIpc) is 3.18. The minimum Gasteiger partial charge on any atom is -0.485 e. The number of ketones is 2. The van der Waals surface area contributed by atoms with E-state index in [0.717, 1.165) is 0 Å². The third-order valence-electron chi connectivity index (χ3n) is 4.47. The van der Waals surface area contributed by atoms with Crippen molar-refractivity contribution in [2.45, 2.75) is 19.3 Å². The van der Waals surface area contributed by atoms with Gasteiger partial charge in [-0.2, -0.15) is 0 Å². The van der Waals surface area contributed by atoms with Gasteiger partial charge in [0.05, 0.1) is 5.56 Å². The van der Waals surface area contributed by atoms with Gasteiger partial charge in [0.2, 0.25) is 6.79 Å². The summed E-state index contributed by atoms with van der Waals surface area (Å²) in [7, 11) is 0. The summed E-state index contributed by atoms with van der Waals surface area (Å²) in [5.74, 6) is 0.326. The highest BCUT2D eigenvalue weighted by Gasteiger charge is 2.32. The summed E-state index contributed by atoms with van der Waals surface area (Å²) in [6.45, 7) is 1.68. The third kappa shape index (κ3) is 2.63. The first-order valence-electron chi connectivity index (χ1n) is 7.96. The van der Waals surface area contributed by atoms with Gasteiger partial charge in [-0.1, -0.05) is 6.92 Å². The normalized spacial score (nSPS) is 17.5. The molecular weight excluding hydrogens is 327 g/mol. The third-order valence-corrected chi connectivity index (χ3v) is 4.47. The fourth-order valence-electron chi connectivity index (χ4n) is 3.24. The zero-order valence-electron chi connectivity index (χ0n) is 13.5. The summed E-state index contributed by atoms with van der Waals surface area (Å²) in [5.41, 5.74) is 1.05. The van der Waals surface area contributed by atoms with Crippen LogP contribution >= 0.6 is 0 Å². The summed E-state index contributed by atoms with van der Waals surface area (Å²) in [6, 6.07) is 7.56. The quantitative estimate of drug-likeness (QED) is 0.796. The molecule has 0 bridgehead atoms. The number of benzene rings is 2. The van der Waals surface area contributed by atoms with Crippen molar-refractivity contribution in [1.82, 2.24) is 0 Å². The van der Waals surface area contributed by atoms with Crippen LogP contribution in [0.1, 0.15) is 45.5 Å². The number of hydrogen-bond acceptors (Lipinski definition) is 5. The maximum Gasteiger partial charge on any atom is 0.231 e. The lowest BCUT2D eigenvalue weighted by molar-refractivity contribution is 0.0911. The largest absolute Gasteiger partial charge is 0.485 e. The fourth-order valence-corrected chi connectivity index (χ4v) is 3.24. The second-order valence-electron chi connectivity index (χ2n) is 6.14. The molecule has 0 N–H and O–H groups in total. The lowest BCUT2D eigenvalue weighted by Gasteiger charge is -2.11. The molecule has 128 valence electrons. The second kappa shape index (κ2) is 5.88. The van der Waals surface area contributed by atoms with Crippen LogP contribution in [-0.4, -0.2) is 25.0 Å². The summed E-state index contributed by atoms with van der Waals surface area (Å²) in [6.07, 6.45) is 0.253. The van der Waals surface area contributed by atoms with E-state index >= 15 is 0 Å². The van der Waals surface area contributed by atoms with E-state index < -0.39 is 5.82 Å². The molecule has 6 heteroatoms. The van der Waals surface area contributed by atoms with E-state index in [1.54, 1.807) is 25.1 Å². The summed E-state index contributed by atoms with van der Waals surface area (Å²) >= 11 is 0. The minimum atomic E-state index is -0.414. The standard InChI is InChI=1S/C19H15FO5/c1-10-6-13(21)19-16(5-3-12(20)18(10)19)23-8-14(22)11-2-4-15-17(7-11)25-9-24-15/h2-5,7,10H,6,8-9H2,1H3/t10-/m1/s1. The fraction of sp³-hybridized carbons (Fsp3) is 0.263. The van der Waals surface area contributed by atoms with Gasteiger partial charge in [-0.05, 0) is 36.2 Å². The number of rotatable bonds is 4. The van der Waals surface area contributed by atoms with Crippen LogP contribution < -0.4 is 14.2 Å². The summed E-state index contributed by atoms with van der Waals surface area (Å²) in [4.78, 5) is 24.5. The van der Waals surface area contributed by atoms with Crippen molar-refractivity contribution >= 4 is 11.6 Å². The molecule has 4 rings (SSSR count). The van der Waals surface area contributed by atoms with Crippen LogP contribution in [0.25, 0.3) is 0 Å². The maximum absolute atomic E-state index is 14.0. The molecule has 2 aromatic carbocycles. The number of fused-ring (bicyclic) bond motifs is 2. The molecule has 1 aliphatic carbocycles. The van der Waals surface area contributed by atoms with E-state index in [2.05, 4.69) is 0 Å². The molecule has 0 unspecified atom stereocenters. The highest BCUT2D eigenvalue weighted by Crippen LogP contribution is 2.40. The molecule has 1 atom stereocenters. The molecule has 0 saturated carbocycles. The Hall–Kier alpha value is -2.89. The Morgan fingerprint density at radius 3 is 2.88 bits per heavy atom. The number of hydrogen-bond donors (Lipinski definition) is 0. The Labute approximate surface area is 143 Å². The highest BCUT2D eigenvalue weighted by atomic mass is 19.1. The minimum absolute atomic E-state index is 0.130. The Bertz CT molecular complexity index is 890. The monoisotopic (exact) mass is 342 g/mol. The van der Waals surface area contributed by atoms with Gasteiger partial charge in [0.1, 0.15) is 11.6 Å². The molecule has 0 spiro atoms. The average molecular weight is 342 g/mol. The first-order valence-corrected chi connectivity index (χ1v) is 7.96. The molecule has 0 fully saturated rings. The van der Waals surface area contributed by atoms with Crippen molar-refractivity contribution in [3.63, 3.8) is 0 Å². The van der Waals surface area contributed by atoms with Crippen molar-refractivity contribution in [3.8, 4) is 17.2 Å². The molecule has 0 aromatic heterocycles. The van der Waals surface area contributed by atoms with Crippen LogP contribution in [0.5, 0.6) is 17.2 Å². The molecule has 0 radical (unpaired) electrons. The van der Waals surface area contributed by atoms with E-state index in [1.807, 2.05) is 0 Å². The predicted molar refractivity (Wildman–Crippen MR) is 86.2 cm³/mol. The molecule has 5 nitrogen and oxygen atoms in total. The summed E-state index contributed by atoms with van der Waals surface area (Å²) < 4.78 is 30.0. The first kappa shape index (κ1) is 15.6. The van der Waals surface area contributed by atoms with Crippen LogP contribution in [-0.2, 0) is 0 Å². The molecule has 1 aliphatic heterocycles.